The monoisotopic (exact) mass is 682 g/mol. The van der Waals surface area contributed by atoms with E-state index in [-0.39, 0.29) is 59.7 Å². The quantitative estimate of drug-likeness (QED) is 0.185. The van der Waals surface area contributed by atoms with Gasteiger partial charge in [-0.15, -0.1) is 0 Å². The number of methoxy groups -OCH3 is 1. The molecule has 3 heterocycles. The van der Waals surface area contributed by atoms with E-state index >= 15 is 0 Å². The first-order chi connectivity index (χ1) is 23.0. The standard InChI is InChI=1S/C41H62O8/c1-22(2)27-19-30(42)25(5)12-10-11-23(3)18-32(44)38-28-17-24(4)13-14-35-41(8,49-35)16-15-34-40(7,46)21-33(48-34)36(28)26(6)37(39(45)47-9)29(38)20-31(27)43/h17,22-23,25,27-29,33-35,37-38,46H,10-16,18-21H2,1-9H3/b24-17-/t23-,25+,27-,28-,29?,33-,34+,35+,37-,38-,40-,41-/m0/s1. The first-order valence-corrected chi connectivity index (χ1v) is 19.1. The van der Waals surface area contributed by atoms with Gasteiger partial charge in [0.15, 0.2) is 0 Å². The molecule has 8 nitrogen and oxygen atoms in total. The van der Waals surface area contributed by atoms with Crippen molar-refractivity contribution in [3.63, 3.8) is 0 Å². The van der Waals surface area contributed by atoms with Gasteiger partial charge in [-0.05, 0) is 83.1 Å². The van der Waals surface area contributed by atoms with E-state index in [1.165, 1.54) is 7.11 Å². The molecule has 1 saturated carbocycles. The number of Topliss-reactive ketones (excluding diaryl/α,β-unsaturated/α-hetero) is 3. The number of fused-ring (bicyclic) bond motifs is 7. The second-order valence-corrected chi connectivity index (χ2v) is 17.3. The molecular formula is C41H62O8. The van der Waals surface area contributed by atoms with Crippen molar-refractivity contribution in [3.8, 4) is 0 Å². The number of esters is 1. The van der Waals surface area contributed by atoms with Crippen LogP contribution in [-0.4, -0.2) is 65.0 Å². The molecule has 8 heteroatoms. The highest BCUT2D eigenvalue weighted by Gasteiger charge is 2.56. The van der Waals surface area contributed by atoms with Crippen molar-refractivity contribution in [1.82, 2.24) is 0 Å². The third-order valence-corrected chi connectivity index (χ3v) is 13.1. The Kier molecular flexibility index (Phi) is 11.5. The Morgan fingerprint density at radius 1 is 0.959 bits per heavy atom. The van der Waals surface area contributed by atoms with Crippen molar-refractivity contribution < 1.29 is 38.5 Å². The van der Waals surface area contributed by atoms with Crippen molar-refractivity contribution >= 4 is 23.3 Å². The second kappa shape index (κ2) is 14.8. The molecule has 3 aliphatic heterocycles. The van der Waals surface area contributed by atoms with Crippen LogP contribution in [0.25, 0.3) is 0 Å². The molecule has 5 rings (SSSR count). The van der Waals surface area contributed by atoms with Crippen LogP contribution in [-0.2, 0) is 33.4 Å². The molecule has 49 heavy (non-hydrogen) atoms. The first-order valence-electron chi connectivity index (χ1n) is 19.1. The minimum absolute atomic E-state index is 0.0171. The summed E-state index contributed by atoms with van der Waals surface area (Å²) in [5.74, 6) is -3.48. The Balaban J connectivity index is 1.68. The number of allylic oxidation sites excluding steroid dienone is 2. The third-order valence-electron chi connectivity index (χ3n) is 13.1. The number of hydrogen-bond acceptors (Lipinski definition) is 8. The fourth-order valence-electron chi connectivity index (χ4n) is 9.80. The average Bonchev–Trinajstić information content (AvgIpc) is 3.56. The minimum atomic E-state index is -1.10. The summed E-state index contributed by atoms with van der Waals surface area (Å²) >= 11 is 0. The lowest BCUT2D eigenvalue weighted by molar-refractivity contribution is -0.149. The molecule has 274 valence electrons. The Morgan fingerprint density at radius 2 is 1.67 bits per heavy atom. The normalized spacial score (nSPS) is 43.9. The molecular weight excluding hydrogens is 620 g/mol. The molecule has 12 atom stereocenters. The van der Waals surface area contributed by atoms with Gasteiger partial charge in [0.1, 0.15) is 17.3 Å². The van der Waals surface area contributed by atoms with Crippen LogP contribution in [0.5, 0.6) is 0 Å². The maximum atomic E-state index is 14.9. The van der Waals surface area contributed by atoms with Crippen molar-refractivity contribution in [2.75, 3.05) is 7.11 Å². The van der Waals surface area contributed by atoms with Crippen LogP contribution in [0.4, 0.5) is 0 Å². The van der Waals surface area contributed by atoms with Crippen molar-refractivity contribution in [1.29, 1.82) is 0 Å². The molecule has 0 radical (unpaired) electrons. The summed E-state index contributed by atoms with van der Waals surface area (Å²) in [6.07, 6.45) is 7.78. The highest BCUT2D eigenvalue weighted by Crippen LogP contribution is 2.53. The van der Waals surface area contributed by atoms with Crippen LogP contribution in [0.1, 0.15) is 126 Å². The lowest BCUT2D eigenvalue weighted by Gasteiger charge is -2.45. The van der Waals surface area contributed by atoms with Gasteiger partial charge in [-0.2, -0.15) is 0 Å². The number of carbonyl (C=O) groups is 4. The molecule has 2 aliphatic carbocycles. The summed E-state index contributed by atoms with van der Waals surface area (Å²) in [6, 6.07) is 0. The molecule has 1 N–H and O–H groups in total. The van der Waals surface area contributed by atoms with Crippen LogP contribution in [0, 0.1) is 47.3 Å². The van der Waals surface area contributed by atoms with Crippen LogP contribution in [0.3, 0.4) is 0 Å². The van der Waals surface area contributed by atoms with E-state index < -0.39 is 53.4 Å². The Morgan fingerprint density at radius 3 is 2.35 bits per heavy atom. The largest absolute Gasteiger partial charge is 0.469 e. The highest BCUT2D eigenvalue weighted by atomic mass is 16.6. The van der Waals surface area contributed by atoms with Gasteiger partial charge >= 0.3 is 5.97 Å². The summed E-state index contributed by atoms with van der Waals surface area (Å²) < 4.78 is 18.4. The average molecular weight is 683 g/mol. The van der Waals surface area contributed by atoms with Gasteiger partial charge in [-0.1, -0.05) is 57.8 Å². The van der Waals surface area contributed by atoms with E-state index in [9.17, 15) is 24.3 Å². The summed E-state index contributed by atoms with van der Waals surface area (Å²) in [6.45, 7) is 16.0. The van der Waals surface area contributed by atoms with E-state index in [1.807, 2.05) is 34.6 Å². The lowest BCUT2D eigenvalue weighted by Crippen LogP contribution is -2.47. The predicted octanol–water partition coefficient (Wildman–Crippen LogP) is 7.15. The third kappa shape index (κ3) is 8.02. The van der Waals surface area contributed by atoms with Crippen LogP contribution >= 0.6 is 0 Å². The lowest BCUT2D eigenvalue weighted by atomic mass is 9.58. The first kappa shape index (κ1) is 38.1. The fourth-order valence-corrected chi connectivity index (χ4v) is 9.80. The summed E-state index contributed by atoms with van der Waals surface area (Å²) in [5.41, 5.74) is 1.45. The SMILES string of the molecule is COC(=O)[C@H]1C(C)=C2[C@@H]3C[C@](C)(O)[C@@H](CC[C@]4(C)O[C@@H]4CC/C(C)=C\[C@@H]2[C@@H]2C(=O)C[C@@H](C)CCC[C@@H](C)C(=O)C[C@@H](C(C)C)C(=O)CC12)O3. The summed E-state index contributed by atoms with van der Waals surface area (Å²) in [5, 5.41) is 11.7. The number of epoxide rings is 1. The minimum Gasteiger partial charge on any atom is -0.469 e. The van der Waals surface area contributed by atoms with E-state index in [1.54, 1.807) is 0 Å². The maximum absolute atomic E-state index is 14.9. The number of rotatable bonds is 2. The second-order valence-electron chi connectivity index (χ2n) is 17.3. The molecule has 5 aliphatic rings. The molecule has 0 spiro atoms. The zero-order valence-electron chi connectivity index (χ0n) is 31.5. The smallest absolute Gasteiger partial charge is 0.313 e. The van der Waals surface area contributed by atoms with E-state index in [2.05, 4.69) is 26.8 Å². The summed E-state index contributed by atoms with van der Waals surface area (Å²) in [4.78, 5) is 56.6. The van der Waals surface area contributed by atoms with Gasteiger partial charge in [0.25, 0.3) is 0 Å². The highest BCUT2D eigenvalue weighted by molar-refractivity contribution is 5.91. The van der Waals surface area contributed by atoms with E-state index in [0.29, 0.717) is 19.3 Å². The zero-order valence-corrected chi connectivity index (χ0v) is 31.5. The zero-order chi connectivity index (χ0) is 36.0. The number of hydrogen-bond donors (Lipinski definition) is 1. The number of ketones is 3. The summed E-state index contributed by atoms with van der Waals surface area (Å²) in [7, 11) is 1.36. The fraction of sp³-hybridized carbons (Fsp3) is 0.805. The van der Waals surface area contributed by atoms with Gasteiger partial charge in [0.05, 0.1) is 42.5 Å². The number of ether oxygens (including phenoxy) is 3. The molecule has 1 unspecified atom stereocenters. The molecule has 0 aromatic heterocycles. The number of carbonyl (C=O) groups excluding carboxylic acids is 4. The van der Waals surface area contributed by atoms with Crippen LogP contribution in [0.15, 0.2) is 22.8 Å². The molecule has 0 amide bonds. The molecule has 0 aromatic rings. The van der Waals surface area contributed by atoms with Crippen LogP contribution in [0.2, 0.25) is 0 Å². The van der Waals surface area contributed by atoms with Gasteiger partial charge in [-0.25, -0.2) is 0 Å². The molecule has 0 aromatic carbocycles. The topological polar surface area (TPSA) is 119 Å². The van der Waals surface area contributed by atoms with Crippen molar-refractivity contribution in [2.24, 2.45) is 47.3 Å². The molecule has 2 bridgehead atoms. The Hall–Kier alpha value is -2.16. The van der Waals surface area contributed by atoms with E-state index in [0.717, 1.165) is 55.2 Å². The van der Waals surface area contributed by atoms with Gasteiger partial charge < -0.3 is 19.3 Å². The Labute approximate surface area is 294 Å². The van der Waals surface area contributed by atoms with Crippen molar-refractivity contribution in [2.45, 2.75) is 156 Å². The Bertz CT molecular complexity index is 1360. The van der Waals surface area contributed by atoms with Gasteiger partial charge in [0.2, 0.25) is 0 Å². The molecule has 2 saturated heterocycles. The van der Waals surface area contributed by atoms with Gasteiger partial charge in [0, 0.05) is 49.4 Å². The van der Waals surface area contributed by atoms with Gasteiger partial charge in [-0.3, -0.25) is 19.2 Å². The molecule has 3 fully saturated rings. The predicted molar refractivity (Wildman–Crippen MR) is 187 cm³/mol. The van der Waals surface area contributed by atoms with E-state index in [4.69, 9.17) is 14.2 Å². The van der Waals surface area contributed by atoms with Crippen molar-refractivity contribution in [3.05, 3.63) is 22.8 Å². The van der Waals surface area contributed by atoms with Crippen LogP contribution < -0.4 is 0 Å². The number of aliphatic hydroxyl groups is 1. The maximum Gasteiger partial charge on any atom is 0.313 e.